The van der Waals surface area contributed by atoms with Crippen LogP contribution in [0.3, 0.4) is 0 Å². The molecular weight excluding hydrogens is 315 g/mol. The van der Waals surface area contributed by atoms with Gasteiger partial charge in [0.2, 0.25) is 11.8 Å². The summed E-state index contributed by atoms with van der Waals surface area (Å²) in [6.07, 6.45) is -3.31. The molecule has 0 spiro atoms. The summed E-state index contributed by atoms with van der Waals surface area (Å²) in [6, 6.07) is 0.543. The molecule has 0 unspecified atom stereocenters. The molecule has 6 nitrogen and oxygen atoms in total. The normalized spacial score (nSPS) is 12.6. The summed E-state index contributed by atoms with van der Waals surface area (Å²) in [5, 5.41) is 4.90. The molecule has 0 saturated carbocycles. The number of amides is 2. The number of nitrogens with one attached hydrogen (secondary N) is 2. The molecule has 1 aromatic heterocycles. The van der Waals surface area contributed by atoms with E-state index in [9.17, 15) is 27.6 Å². The molecule has 23 heavy (non-hydrogen) atoms. The average Bonchev–Trinajstić information content (AvgIpc) is 2.45. The van der Waals surface area contributed by atoms with Crippen molar-refractivity contribution in [2.45, 2.75) is 39.0 Å². The van der Waals surface area contributed by atoms with Crippen molar-refractivity contribution in [3.8, 4) is 0 Å². The number of nitrogens with zero attached hydrogens (tertiary/aromatic N) is 1. The van der Waals surface area contributed by atoms with Crippen LogP contribution in [0, 0.1) is 0 Å². The fraction of sp³-hybridized carbons (Fsp3) is 0.500. The Morgan fingerprint density at radius 2 is 1.96 bits per heavy atom. The van der Waals surface area contributed by atoms with Gasteiger partial charge in [0.05, 0.1) is 5.56 Å². The highest BCUT2D eigenvalue weighted by molar-refractivity contribution is 5.87. The molecular formula is C14H18F3N3O3. The quantitative estimate of drug-likeness (QED) is 0.812. The molecule has 0 aliphatic carbocycles. The van der Waals surface area contributed by atoms with E-state index in [-0.39, 0.29) is 0 Å². The summed E-state index contributed by atoms with van der Waals surface area (Å²) < 4.78 is 38.5. The zero-order chi connectivity index (χ0) is 17.6. The van der Waals surface area contributed by atoms with Crippen molar-refractivity contribution in [2.75, 3.05) is 6.54 Å². The van der Waals surface area contributed by atoms with Crippen molar-refractivity contribution in [2.24, 2.45) is 0 Å². The first-order valence-corrected chi connectivity index (χ1v) is 7.00. The van der Waals surface area contributed by atoms with Gasteiger partial charge in [0, 0.05) is 18.8 Å². The lowest BCUT2D eigenvalue weighted by molar-refractivity contribution is -0.138. The Kier molecular flexibility index (Phi) is 6.35. The number of hydrogen-bond donors (Lipinski definition) is 2. The fourth-order valence-corrected chi connectivity index (χ4v) is 1.73. The zero-order valence-electron chi connectivity index (χ0n) is 12.7. The standard InChI is InChI=1S/C14H18F3N3O3/c1-3-6-18-13(23)9(2)19-11(21)8-20-7-10(14(15,16)17)4-5-12(20)22/h4-5,7,9H,3,6,8H2,1-2H3,(H,18,23)(H,19,21)/t9-/m1/s1. The summed E-state index contributed by atoms with van der Waals surface area (Å²) in [4.78, 5) is 34.9. The maximum Gasteiger partial charge on any atom is 0.417 e. The average molecular weight is 333 g/mol. The molecule has 0 fully saturated rings. The van der Waals surface area contributed by atoms with Gasteiger partial charge in [-0.3, -0.25) is 14.4 Å². The zero-order valence-corrected chi connectivity index (χ0v) is 12.7. The van der Waals surface area contributed by atoms with Crippen molar-refractivity contribution in [3.63, 3.8) is 0 Å². The lowest BCUT2D eigenvalue weighted by atomic mass is 10.2. The Labute approximate surface area is 130 Å². The van der Waals surface area contributed by atoms with E-state index in [4.69, 9.17) is 0 Å². The molecule has 0 bridgehead atoms. The maximum atomic E-state index is 12.6. The lowest BCUT2D eigenvalue weighted by Gasteiger charge is -2.15. The van der Waals surface area contributed by atoms with Gasteiger partial charge in [-0.2, -0.15) is 13.2 Å². The van der Waals surface area contributed by atoms with Crippen LogP contribution in [0.5, 0.6) is 0 Å². The number of carbonyl (C=O) groups excluding carboxylic acids is 2. The fourth-order valence-electron chi connectivity index (χ4n) is 1.73. The molecule has 1 rings (SSSR count). The van der Waals surface area contributed by atoms with Crippen molar-refractivity contribution in [1.82, 2.24) is 15.2 Å². The summed E-state index contributed by atoms with van der Waals surface area (Å²) in [5.41, 5.74) is -1.77. The Morgan fingerprint density at radius 3 is 2.52 bits per heavy atom. The van der Waals surface area contributed by atoms with Crippen LogP contribution in [-0.4, -0.2) is 29.0 Å². The van der Waals surface area contributed by atoms with Gasteiger partial charge in [-0.1, -0.05) is 6.92 Å². The number of pyridine rings is 1. The maximum absolute atomic E-state index is 12.6. The first-order valence-electron chi connectivity index (χ1n) is 7.00. The minimum atomic E-state index is -4.61. The number of halogens is 3. The number of rotatable bonds is 6. The lowest BCUT2D eigenvalue weighted by Crippen LogP contribution is -2.46. The highest BCUT2D eigenvalue weighted by Gasteiger charge is 2.31. The Morgan fingerprint density at radius 1 is 1.30 bits per heavy atom. The third kappa shape index (κ3) is 5.76. The molecule has 9 heteroatoms. The molecule has 1 heterocycles. The summed E-state index contributed by atoms with van der Waals surface area (Å²) in [6.45, 7) is 3.15. The third-order valence-electron chi connectivity index (χ3n) is 2.94. The van der Waals surface area contributed by atoms with Crippen LogP contribution in [0.4, 0.5) is 13.2 Å². The molecule has 128 valence electrons. The first kappa shape index (κ1) is 18.7. The van der Waals surface area contributed by atoms with Crippen LogP contribution in [0.15, 0.2) is 23.1 Å². The third-order valence-corrected chi connectivity index (χ3v) is 2.94. The van der Waals surface area contributed by atoms with Crippen LogP contribution >= 0.6 is 0 Å². The van der Waals surface area contributed by atoms with Crippen LogP contribution < -0.4 is 16.2 Å². The van der Waals surface area contributed by atoms with Gasteiger partial charge in [-0.15, -0.1) is 0 Å². The van der Waals surface area contributed by atoms with Crippen LogP contribution in [-0.2, 0) is 22.3 Å². The van der Waals surface area contributed by atoms with E-state index < -0.39 is 41.7 Å². The van der Waals surface area contributed by atoms with Gasteiger partial charge >= 0.3 is 6.18 Å². The number of alkyl halides is 3. The van der Waals surface area contributed by atoms with Gasteiger partial charge in [0.1, 0.15) is 12.6 Å². The SMILES string of the molecule is CCCNC(=O)[C@@H](C)NC(=O)Cn1cc(C(F)(F)F)ccc1=O. The molecule has 0 aliphatic rings. The predicted molar refractivity (Wildman–Crippen MR) is 76.6 cm³/mol. The highest BCUT2D eigenvalue weighted by Crippen LogP contribution is 2.27. The van der Waals surface area contributed by atoms with E-state index in [0.29, 0.717) is 23.4 Å². The largest absolute Gasteiger partial charge is 0.417 e. The van der Waals surface area contributed by atoms with Crippen LogP contribution in [0.2, 0.25) is 0 Å². The van der Waals surface area contributed by atoms with Crippen LogP contribution in [0.25, 0.3) is 0 Å². The second-order valence-corrected chi connectivity index (χ2v) is 4.96. The molecule has 0 saturated heterocycles. The molecule has 1 aromatic rings. The second kappa shape index (κ2) is 7.80. The van der Waals surface area contributed by atoms with Crippen molar-refractivity contribution >= 4 is 11.8 Å². The summed E-state index contributed by atoms with van der Waals surface area (Å²) in [5.74, 6) is -1.14. The minimum Gasteiger partial charge on any atom is -0.354 e. The molecule has 1 atom stereocenters. The molecule has 2 amide bonds. The van der Waals surface area contributed by atoms with E-state index in [0.717, 1.165) is 12.5 Å². The van der Waals surface area contributed by atoms with Gasteiger partial charge in [-0.05, 0) is 19.4 Å². The predicted octanol–water partition coefficient (Wildman–Crippen LogP) is 0.898. The molecule has 0 radical (unpaired) electrons. The number of aromatic nitrogens is 1. The number of hydrogen-bond acceptors (Lipinski definition) is 3. The van der Waals surface area contributed by atoms with E-state index >= 15 is 0 Å². The second-order valence-electron chi connectivity index (χ2n) is 4.96. The summed E-state index contributed by atoms with van der Waals surface area (Å²) in [7, 11) is 0. The van der Waals surface area contributed by atoms with E-state index in [1.807, 2.05) is 6.92 Å². The van der Waals surface area contributed by atoms with Crippen molar-refractivity contribution in [1.29, 1.82) is 0 Å². The minimum absolute atomic E-state index is 0.406. The van der Waals surface area contributed by atoms with Gasteiger partial charge in [0.25, 0.3) is 5.56 Å². The highest BCUT2D eigenvalue weighted by atomic mass is 19.4. The molecule has 0 aliphatic heterocycles. The van der Waals surface area contributed by atoms with E-state index in [1.54, 1.807) is 0 Å². The van der Waals surface area contributed by atoms with Crippen molar-refractivity contribution < 1.29 is 22.8 Å². The monoisotopic (exact) mass is 333 g/mol. The topological polar surface area (TPSA) is 80.2 Å². The van der Waals surface area contributed by atoms with Crippen molar-refractivity contribution in [3.05, 3.63) is 34.2 Å². The van der Waals surface area contributed by atoms with Crippen LogP contribution in [0.1, 0.15) is 25.8 Å². The number of carbonyl (C=O) groups is 2. The Hall–Kier alpha value is -2.32. The molecule has 2 N–H and O–H groups in total. The first-order chi connectivity index (χ1) is 10.6. The molecule has 0 aromatic carbocycles. The van der Waals surface area contributed by atoms with Gasteiger partial charge in [-0.25, -0.2) is 0 Å². The Balaban J connectivity index is 2.74. The smallest absolute Gasteiger partial charge is 0.354 e. The van der Waals surface area contributed by atoms with Gasteiger partial charge < -0.3 is 15.2 Å². The van der Waals surface area contributed by atoms with E-state index in [2.05, 4.69) is 10.6 Å². The summed E-state index contributed by atoms with van der Waals surface area (Å²) >= 11 is 0. The van der Waals surface area contributed by atoms with E-state index in [1.165, 1.54) is 6.92 Å². The Bertz CT molecular complexity index is 626. The van der Waals surface area contributed by atoms with Gasteiger partial charge in [0.15, 0.2) is 0 Å².